The Balaban J connectivity index is 1.70. The van der Waals surface area contributed by atoms with E-state index in [1.54, 1.807) is 12.1 Å². The summed E-state index contributed by atoms with van der Waals surface area (Å²) < 4.78 is 13.9. The van der Waals surface area contributed by atoms with Crippen LogP contribution in [-0.4, -0.2) is 6.04 Å². The van der Waals surface area contributed by atoms with Crippen LogP contribution in [0.5, 0.6) is 0 Å². The van der Waals surface area contributed by atoms with Gasteiger partial charge in [0.15, 0.2) is 0 Å². The van der Waals surface area contributed by atoms with Crippen molar-refractivity contribution in [3.63, 3.8) is 0 Å². The summed E-state index contributed by atoms with van der Waals surface area (Å²) in [6.07, 6.45) is 5.39. The quantitative estimate of drug-likeness (QED) is 0.891. The highest BCUT2D eigenvalue weighted by atomic mass is 19.1. The number of nitrogens with one attached hydrogen (secondary N) is 1. The van der Waals surface area contributed by atoms with Gasteiger partial charge in [0, 0.05) is 6.04 Å². The number of anilines is 1. The number of fused-ring (bicyclic) bond motifs is 2. The molecule has 2 saturated carbocycles. The van der Waals surface area contributed by atoms with E-state index in [4.69, 9.17) is 5.26 Å². The molecule has 4 atom stereocenters. The minimum atomic E-state index is -0.325. The van der Waals surface area contributed by atoms with Gasteiger partial charge in [-0.2, -0.15) is 5.26 Å². The lowest BCUT2D eigenvalue weighted by Gasteiger charge is -2.29. The molecule has 3 rings (SSSR count). The molecule has 0 radical (unpaired) electrons. The van der Waals surface area contributed by atoms with E-state index in [2.05, 4.69) is 12.2 Å². The van der Waals surface area contributed by atoms with E-state index < -0.39 is 0 Å². The number of rotatable bonds is 3. The van der Waals surface area contributed by atoms with E-state index in [1.165, 1.54) is 31.7 Å². The number of nitrogens with zero attached hydrogens (tertiary/aromatic N) is 1. The number of halogens is 1. The molecule has 2 nitrogen and oxygen atoms in total. The molecule has 2 aliphatic rings. The molecule has 0 aromatic heterocycles. The third kappa shape index (κ3) is 2.32. The van der Waals surface area contributed by atoms with E-state index in [9.17, 15) is 4.39 Å². The Kier molecular flexibility index (Phi) is 3.18. The molecule has 0 amide bonds. The molecule has 0 spiro atoms. The maximum atomic E-state index is 13.9. The lowest BCUT2D eigenvalue weighted by Crippen LogP contribution is -2.30. The average molecular weight is 258 g/mol. The van der Waals surface area contributed by atoms with Crippen molar-refractivity contribution in [2.24, 2.45) is 17.8 Å². The summed E-state index contributed by atoms with van der Waals surface area (Å²) >= 11 is 0. The van der Waals surface area contributed by atoms with E-state index in [0.29, 0.717) is 23.2 Å². The van der Waals surface area contributed by atoms with Gasteiger partial charge in [-0.3, -0.25) is 0 Å². The lowest BCUT2D eigenvalue weighted by atomic mass is 9.84. The fraction of sp³-hybridized carbons (Fsp3) is 0.562. The van der Waals surface area contributed by atoms with Crippen LogP contribution in [0.4, 0.5) is 10.1 Å². The van der Waals surface area contributed by atoms with Crippen LogP contribution in [-0.2, 0) is 0 Å². The fourth-order valence-electron chi connectivity index (χ4n) is 3.96. The Bertz CT molecular complexity index is 520. The first-order valence-corrected chi connectivity index (χ1v) is 7.13. The molecule has 0 aliphatic heterocycles. The van der Waals surface area contributed by atoms with Crippen molar-refractivity contribution in [2.45, 2.75) is 38.6 Å². The summed E-state index contributed by atoms with van der Waals surface area (Å²) in [4.78, 5) is 0. The molecular formula is C16H19FN2. The van der Waals surface area contributed by atoms with Gasteiger partial charge in [-0.15, -0.1) is 0 Å². The fourth-order valence-corrected chi connectivity index (χ4v) is 3.96. The number of hydrogen-bond donors (Lipinski definition) is 1. The second-order valence-electron chi connectivity index (χ2n) is 6.08. The zero-order valence-electron chi connectivity index (χ0n) is 11.2. The molecule has 1 aromatic carbocycles. The van der Waals surface area contributed by atoms with E-state index in [1.807, 2.05) is 6.07 Å². The van der Waals surface area contributed by atoms with Crippen molar-refractivity contribution in [3.8, 4) is 6.07 Å². The summed E-state index contributed by atoms with van der Waals surface area (Å²) in [5, 5.41) is 12.0. The normalized spacial score (nSPS) is 30.1. The predicted molar refractivity (Wildman–Crippen MR) is 73.1 cm³/mol. The molecule has 4 unspecified atom stereocenters. The number of hydrogen-bond acceptors (Lipinski definition) is 2. The van der Waals surface area contributed by atoms with Gasteiger partial charge in [-0.25, -0.2) is 4.39 Å². The highest BCUT2D eigenvalue weighted by Gasteiger charge is 2.41. The van der Waals surface area contributed by atoms with Gasteiger partial charge in [-0.1, -0.05) is 6.42 Å². The number of nitriles is 1. The maximum Gasteiger partial charge on any atom is 0.147 e. The van der Waals surface area contributed by atoms with Crippen LogP contribution in [0.2, 0.25) is 0 Å². The SMILES string of the molecule is CC(Nc1ccc(C#N)cc1F)C1CC2CCC1C2. The van der Waals surface area contributed by atoms with Crippen LogP contribution in [0.3, 0.4) is 0 Å². The van der Waals surface area contributed by atoms with Crippen LogP contribution in [0.15, 0.2) is 18.2 Å². The van der Waals surface area contributed by atoms with Crippen LogP contribution >= 0.6 is 0 Å². The molecule has 1 N–H and O–H groups in total. The molecule has 2 fully saturated rings. The van der Waals surface area contributed by atoms with E-state index in [0.717, 1.165) is 11.8 Å². The molecular weight excluding hydrogens is 239 g/mol. The first-order chi connectivity index (χ1) is 9.17. The molecule has 19 heavy (non-hydrogen) atoms. The molecule has 2 bridgehead atoms. The van der Waals surface area contributed by atoms with Crippen LogP contribution in [0, 0.1) is 34.9 Å². The van der Waals surface area contributed by atoms with Gasteiger partial charge in [0.05, 0.1) is 17.3 Å². The molecule has 3 heteroatoms. The Morgan fingerprint density at radius 3 is 2.79 bits per heavy atom. The predicted octanol–water partition coefficient (Wildman–Crippen LogP) is 3.93. The van der Waals surface area contributed by atoms with Gasteiger partial charge >= 0.3 is 0 Å². The van der Waals surface area contributed by atoms with Gasteiger partial charge in [0.1, 0.15) is 5.82 Å². The topological polar surface area (TPSA) is 35.8 Å². The minimum absolute atomic E-state index is 0.303. The van der Waals surface area contributed by atoms with Crippen molar-refractivity contribution in [2.75, 3.05) is 5.32 Å². The van der Waals surface area contributed by atoms with Gasteiger partial charge in [-0.05, 0) is 62.1 Å². The summed E-state index contributed by atoms with van der Waals surface area (Å²) in [6.45, 7) is 2.16. The Labute approximate surface area is 113 Å². The monoisotopic (exact) mass is 258 g/mol. The first kappa shape index (κ1) is 12.5. The zero-order valence-corrected chi connectivity index (χ0v) is 11.2. The summed E-state index contributed by atoms with van der Waals surface area (Å²) in [7, 11) is 0. The summed E-state index contributed by atoms with van der Waals surface area (Å²) in [5.41, 5.74) is 0.893. The van der Waals surface area contributed by atoms with Crippen molar-refractivity contribution in [1.29, 1.82) is 5.26 Å². The van der Waals surface area contributed by atoms with E-state index in [-0.39, 0.29) is 5.82 Å². The molecule has 0 heterocycles. The van der Waals surface area contributed by atoms with Crippen LogP contribution in [0.1, 0.15) is 38.2 Å². The largest absolute Gasteiger partial charge is 0.380 e. The zero-order chi connectivity index (χ0) is 13.4. The molecule has 0 saturated heterocycles. The third-order valence-electron chi connectivity index (χ3n) is 4.92. The second kappa shape index (κ2) is 4.85. The van der Waals surface area contributed by atoms with Crippen molar-refractivity contribution in [3.05, 3.63) is 29.6 Å². The van der Waals surface area contributed by atoms with E-state index >= 15 is 0 Å². The van der Waals surface area contributed by atoms with Crippen LogP contribution in [0.25, 0.3) is 0 Å². The van der Waals surface area contributed by atoms with Gasteiger partial charge in [0.25, 0.3) is 0 Å². The van der Waals surface area contributed by atoms with Crippen LogP contribution < -0.4 is 5.32 Å². The van der Waals surface area contributed by atoms with Crippen molar-refractivity contribution in [1.82, 2.24) is 0 Å². The minimum Gasteiger partial charge on any atom is -0.380 e. The Hall–Kier alpha value is -1.56. The summed E-state index contributed by atoms with van der Waals surface area (Å²) in [5.74, 6) is 2.09. The highest BCUT2D eigenvalue weighted by Crippen LogP contribution is 2.49. The first-order valence-electron chi connectivity index (χ1n) is 7.13. The molecule has 2 aliphatic carbocycles. The molecule has 100 valence electrons. The van der Waals surface area contributed by atoms with Gasteiger partial charge in [0.2, 0.25) is 0 Å². The Morgan fingerprint density at radius 1 is 1.37 bits per heavy atom. The highest BCUT2D eigenvalue weighted by molar-refractivity contribution is 5.49. The lowest BCUT2D eigenvalue weighted by molar-refractivity contribution is 0.304. The maximum absolute atomic E-state index is 13.9. The number of benzene rings is 1. The molecule has 1 aromatic rings. The Morgan fingerprint density at radius 2 is 2.21 bits per heavy atom. The second-order valence-corrected chi connectivity index (χ2v) is 6.08. The summed E-state index contributed by atoms with van der Waals surface area (Å²) in [6, 6.07) is 6.91. The van der Waals surface area contributed by atoms with Gasteiger partial charge < -0.3 is 5.32 Å². The standard InChI is InChI=1S/C16H19FN2/c1-10(14-7-11-2-4-13(14)6-11)19-16-5-3-12(9-18)8-15(16)17/h3,5,8,10-11,13-14,19H,2,4,6-7H2,1H3. The van der Waals surface area contributed by atoms with Crippen molar-refractivity contribution < 1.29 is 4.39 Å². The average Bonchev–Trinajstić information content (AvgIpc) is 3.03. The third-order valence-corrected chi connectivity index (χ3v) is 4.92. The van der Waals surface area contributed by atoms with Crippen molar-refractivity contribution >= 4 is 5.69 Å². The smallest absolute Gasteiger partial charge is 0.147 e.